The molecule has 0 spiro atoms. The van der Waals surface area contributed by atoms with Gasteiger partial charge in [-0.2, -0.15) is 0 Å². The van der Waals surface area contributed by atoms with E-state index in [0.717, 1.165) is 32.1 Å². The van der Waals surface area contributed by atoms with E-state index >= 15 is 0 Å². The van der Waals surface area contributed by atoms with Gasteiger partial charge in [0.2, 0.25) is 0 Å². The fraction of sp³-hybridized carbons (Fsp3) is 0.920. The van der Waals surface area contributed by atoms with Crippen molar-refractivity contribution in [3.05, 3.63) is 0 Å². The molecular formula is C25H40O5. The molecule has 0 aromatic heterocycles. The lowest BCUT2D eigenvalue weighted by molar-refractivity contribution is -0.243. The number of rotatable bonds is 2. The molecule has 9 atom stereocenters. The molecule has 5 nitrogen and oxygen atoms in total. The first-order chi connectivity index (χ1) is 13.8. The summed E-state index contributed by atoms with van der Waals surface area (Å²) in [6.45, 7) is 12.8. The topological polar surface area (TPSA) is 72.8 Å². The van der Waals surface area contributed by atoms with Crippen LogP contribution in [-0.4, -0.2) is 42.3 Å². The van der Waals surface area contributed by atoms with Gasteiger partial charge in [-0.15, -0.1) is 0 Å². The summed E-state index contributed by atoms with van der Waals surface area (Å²) < 4.78 is 11.5. The van der Waals surface area contributed by atoms with Crippen LogP contribution in [0.5, 0.6) is 0 Å². The summed E-state index contributed by atoms with van der Waals surface area (Å²) in [6.07, 6.45) is 4.17. The summed E-state index contributed by atoms with van der Waals surface area (Å²) in [4.78, 5) is 25.1. The molecule has 0 aliphatic heterocycles. The zero-order valence-electron chi connectivity index (χ0n) is 19.8. The lowest BCUT2D eigenvalue weighted by Gasteiger charge is -2.69. The van der Waals surface area contributed by atoms with Gasteiger partial charge in [0.1, 0.15) is 11.9 Å². The highest BCUT2D eigenvalue weighted by Gasteiger charge is 2.73. The molecule has 0 amide bonds. The van der Waals surface area contributed by atoms with Crippen molar-refractivity contribution in [1.82, 2.24) is 0 Å². The third kappa shape index (κ3) is 2.60. The number of ether oxygens (including phenoxy) is 2. The van der Waals surface area contributed by atoms with Gasteiger partial charge in [0.25, 0.3) is 0 Å². The summed E-state index contributed by atoms with van der Waals surface area (Å²) in [5.41, 5.74) is -0.831. The maximum atomic E-state index is 13.4. The van der Waals surface area contributed by atoms with E-state index in [1.54, 1.807) is 7.11 Å². The number of fused-ring (bicyclic) bond motifs is 5. The first kappa shape index (κ1) is 22.3. The number of hydrogen-bond donors (Lipinski definition) is 1. The van der Waals surface area contributed by atoms with Gasteiger partial charge >= 0.3 is 5.97 Å². The van der Waals surface area contributed by atoms with Crippen molar-refractivity contribution in [3.63, 3.8) is 0 Å². The fourth-order valence-electron chi connectivity index (χ4n) is 9.12. The minimum atomic E-state index is -0.555. The van der Waals surface area contributed by atoms with E-state index in [4.69, 9.17) is 9.47 Å². The minimum Gasteiger partial charge on any atom is -0.462 e. The Hall–Kier alpha value is -0.940. The maximum Gasteiger partial charge on any atom is 0.302 e. The first-order valence-corrected chi connectivity index (χ1v) is 11.8. The summed E-state index contributed by atoms with van der Waals surface area (Å²) in [7, 11) is 1.67. The molecule has 0 bridgehead atoms. The van der Waals surface area contributed by atoms with Gasteiger partial charge in [0.15, 0.2) is 0 Å². The SMILES string of the molecule is CO[C@H]1CC(=O)[C@]2(C)C1[C@H](O)CC1[C@@]3(C)CC[C@H](OC(C)=O)C(C)(C)C3CC[C@]12C. The van der Waals surface area contributed by atoms with Crippen molar-refractivity contribution in [2.75, 3.05) is 7.11 Å². The van der Waals surface area contributed by atoms with Crippen LogP contribution in [0.2, 0.25) is 0 Å². The highest BCUT2D eigenvalue weighted by atomic mass is 16.5. The Morgan fingerprint density at radius 3 is 2.33 bits per heavy atom. The molecule has 0 aromatic carbocycles. The fourth-order valence-corrected chi connectivity index (χ4v) is 9.12. The Balaban J connectivity index is 1.75. The Morgan fingerprint density at radius 2 is 1.73 bits per heavy atom. The van der Waals surface area contributed by atoms with Crippen LogP contribution in [0.1, 0.15) is 80.1 Å². The van der Waals surface area contributed by atoms with Crippen molar-refractivity contribution >= 4 is 11.8 Å². The van der Waals surface area contributed by atoms with E-state index < -0.39 is 11.5 Å². The molecule has 4 aliphatic rings. The summed E-state index contributed by atoms with van der Waals surface area (Å²) >= 11 is 0. The van der Waals surface area contributed by atoms with Gasteiger partial charge < -0.3 is 14.6 Å². The molecule has 170 valence electrons. The number of aliphatic hydroxyl groups excluding tert-OH is 1. The Morgan fingerprint density at radius 1 is 1.07 bits per heavy atom. The molecule has 0 radical (unpaired) electrons. The monoisotopic (exact) mass is 420 g/mol. The number of Topliss-reactive ketones (excluding diaryl/α,β-unsaturated/α-hetero) is 1. The molecule has 30 heavy (non-hydrogen) atoms. The molecule has 4 fully saturated rings. The minimum absolute atomic E-state index is 0.00749. The normalized spacial score (nSPS) is 52.2. The second-order valence-electron chi connectivity index (χ2n) is 12.0. The van der Waals surface area contributed by atoms with Gasteiger partial charge in [-0.05, 0) is 54.8 Å². The van der Waals surface area contributed by atoms with Crippen molar-refractivity contribution in [1.29, 1.82) is 0 Å². The second kappa shape index (κ2) is 6.78. The number of carbonyl (C=O) groups excluding carboxylic acids is 2. The van der Waals surface area contributed by atoms with E-state index in [1.165, 1.54) is 6.92 Å². The molecule has 4 rings (SSSR count). The van der Waals surface area contributed by atoms with Gasteiger partial charge in [-0.3, -0.25) is 9.59 Å². The number of esters is 1. The third-order valence-corrected chi connectivity index (χ3v) is 10.7. The van der Waals surface area contributed by atoms with Gasteiger partial charge in [-0.1, -0.05) is 34.6 Å². The molecule has 5 heteroatoms. The number of ketones is 1. The Kier molecular flexibility index (Phi) is 5.03. The molecule has 0 heterocycles. The van der Waals surface area contributed by atoms with Crippen LogP contribution in [0.3, 0.4) is 0 Å². The molecule has 0 aromatic rings. The largest absolute Gasteiger partial charge is 0.462 e. The average molecular weight is 421 g/mol. The van der Waals surface area contributed by atoms with Crippen LogP contribution in [-0.2, 0) is 19.1 Å². The van der Waals surface area contributed by atoms with Crippen LogP contribution in [0.4, 0.5) is 0 Å². The van der Waals surface area contributed by atoms with Gasteiger partial charge in [0, 0.05) is 37.2 Å². The predicted octanol–water partition coefficient (Wildman–Crippen LogP) is 4.15. The highest BCUT2D eigenvalue weighted by molar-refractivity contribution is 5.89. The molecule has 4 saturated carbocycles. The molecule has 4 aliphatic carbocycles. The van der Waals surface area contributed by atoms with E-state index in [0.29, 0.717) is 12.3 Å². The Bertz CT molecular complexity index is 746. The standard InChI is InChI=1S/C25H40O5/c1-14(26)30-20-9-10-23(4)17(22(20,2)3)8-11-24(5)18(23)12-15(27)21-16(29-7)13-19(28)25(21,24)6/h15-18,20-21,27H,8-13H2,1-7H3/t15-,16+,17?,18?,20+,21?,23+,24-,25-/m1/s1. The zero-order valence-corrected chi connectivity index (χ0v) is 19.8. The summed E-state index contributed by atoms with van der Waals surface area (Å²) in [5.74, 6) is 0.589. The highest BCUT2D eigenvalue weighted by Crippen LogP contribution is 2.74. The van der Waals surface area contributed by atoms with Crippen LogP contribution in [0, 0.1) is 39.4 Å². The van der Waals surface area contributed by atoms with E-state index in [1.807, 2.05) is 0 Å². The predicted molar refractivity (Wildman–Crippen MR) is 114 cm³/mol. The Labute approximate surface area is 181 Å². The van der Waals surface area contributed by atoms with Crippen molar-refractivity contribution < 1.29 is 24.2 Å². The van der Waals surface area contributed by atoms with Crippen LogP contribution < -0.4 is 0 Å². The van der Waals surface area contributed by atoms with Crippen molar-refractivity contribution in [3.8, 4) is 0 Å². The maximum absolute atomic E-state index is 13.4. The smallest absolute Gasteiger partial charge is 0.302 e. The molecule has 0 saturated heterocycles. The zero-order chi connectivity index (χ0) is 22.3. The number of methoxy groups -OCH3 is 1. The number of hydrogen-bond acceptors (Lipinski definition) is 5. The molecule has 3 unspecified atom stereocenters. The van der Waals surface area contributed by atoms with Crippen LogP contribution in [0.15, 0.2) is 0 Å². The summed E-state index contributed by atoms with van der Waals surface area (Å²) in [6, 6.07) is 0. The second-order valence-corrected chi connectivity index (χ2v) is 12.0. The first-order valence-electron chi connectivity index (χ1n) is 11.8. The molecular weight excluding hydrogens is 380 g/mol. The van der Waals surface area contributed by atoms with E-state index in [9.17, 15) is 14.7 Å². The van der Waals surface area contributed by atoms with E-state index in [2.05, 4.69) is 34.6 Å². The molecule has 1 N–H and O–H groups in total. The summed E-state index contributed by atoms with van der Waals surface area (Å²) in [5, 5.41) is 11.3. The lowest BCUT2D eigenvalue weighted by Crippen LogP contribution is -2.67. The third-order valence-electron chi connectivity index (χ3n) is 10.7. The van der Waals surface area contributed by atoms with Crippen LogP contribution >= 0.6 is 0 Å². The average Bonchev–Trinajstić information content (AvgIpc) is 2.92. The van der Waals surface area contributed by atoms with Crippen molar-refractivity contribution in [2.24, 2.45) is 39.4 Å². The van der Waals surface area contributed by atoms with Crippen LogP contribution in [0.25, 0.3) is 0 Å². The van der Waals surface area contributed by atoms with Gasteiger partial charge in [-0.25, -0.2) is 0 Å². The number of carbonyl (C=O) groups is 2. The van der Waals surface area contributed by atoms with E-state index in [-0.39, 0.29) is 52.0 Å². The van der Waals surface area contributed by atoms with Gasteiger partial charge in [0.05, 0.1) is 12.2 Å². The lowest BCUT2D eigenvalue weighted by atomic mass is 9.35. The number of aliphatic hydroxyl groups is 1. The quantitative estimate of drug-likeness (QED) is 0.680. The van der Waals surface area contributed by atoms with Crippen molar-refractivity contribution in [2.45, 2.75) is 98.4 Å².